The molecular weight excluding hydrogens is 240 g/mol. The summed E-state index contributed by atoms with van der Waals surface area (Å²) in [7, 11) is 1.39. The van der Waals surface area contributed by atoms with Gasteiger partial charge in [-0.1, -0.05) is 33.6 Å². The molecule has 4 nitrogen and oxygen atoms in total. The molecule has 0 saturated carbocycles. The highest BCUT2D eigenvalue weighted by Gasteiger charge is 2.33. The van der Waals surface area contributed by atoms with Crippen LogP contribution in [-0.2, 0) is 9.53 Å². The van der Waals surface area contributed by atoms with E-state index in [1.54, 1.807) is 6.92 Å². The molecule has 0 aromatic heterocycles. The molecule has 0 radical (unpaired) electrons. The van der Waals surface area contributed by atoms with Crippen molar-refractivity contribution in [1.82, 2.24) is 4.90 Å². The number of carbonyl (C=O) groups excluding carboxylic acids is 1. The number of methoxy groups -OCH3 is 1. The summed E-state index contributed by atoms with van der Waals surface area (Å²) in [6, 6.07) is 0.277. The Bertz CT molecular complexity index is 263. The van der Waals surface area contributed by atoms with Crippen molar-refractivity contribution in [3.8, 4) is 0 Å². The number of carbonyl (C=O) groups is 1. The summed E-state index contributed by atoms with van der Waals surface area (Å²) in [4.78, 5) is 14.1. The maximum absolute atomic E-state index is 11.6. The molecule has 0 rings (SSSR count). The Balaban J connectivity index is 4.59. The molecule has 0 aliphatic heterocycles. The van der Waals surface area contributed by atoms with E-state index in [-0.39, 0.29) is 12.0 Å². The predicted molar refractivity (Wildman–Crippen MR) is 80.0 cm³/mol. The van der Waals surface area contributed by atoms with Gasteiger partial charge >= 0.3 is 5.97 Å². The second-order valence-corrected chi connectivity index (χ2v) is 5.73. The van der Waals surface area contributed by atoms with Gasteiger partial charge in [-0.05, 0) is 32.7 Å². The lowest BCUT2D eigenvalue weighted by molar-refractivity contribution is -0.147. The fourth-order valence-electron chi connectivity index (χ4n) is 2.56. The lowest BCUT2D eigenvalue weighted by Crippen LogP contribution is -2.51. The maximum Gasteiger partial charge on any atom is 0.325 e. The van der Waals surface area contributed by atoms with Crippen LogP contribution in [-0.4, -0.2) is 42.6 Å². The fourth-order valence-corrected chi connectivity index (χ4v) is 2.56. The Morgan fingerprint density at radius 2 is 1.84 bits per heavy atom. The molecule has 0 saturated heterocycles. The van der Waals surface area contributed by atoms with Crippen molar-refractivity contribution in [3.63, 3.8) is 0 Å². The van der Waals surface area contributed by atoms with Crippen molar-refractivity contribution in [2.24, 2.45) is 11.7 Å². The first-order valence-corrected chi connectivity index (χ1v) is 7.43. The monoisotopic (exact) mass is 272 g/mol. The molecule has 0 aromatic carbocycles. The number of hydrogen-bond donors (Lipinski definition) is 1. The quantitative estimate of drug-likeness (QED) is 0.655. The number of ether oxygens (including phenoxy) is 1. The van der Waals surface area contributed by atoms with E-state index in [9.17, 15) is 4.79 Å². The maximum atomic E-state index is 11.6. The minimum Gasteiger partial charge on any atom is -0.468 e. The van der Waals surface area contributed by atoms with Crippen LogP contribution < -0.4 is 5.73 Å². The number of nitrogens with two attached hydrogens (primary N) is 1. The van der Waals surface area contributed by atoms with Crippen LogP contribution >= 0.6 is 0 Å². The average Bonchev–Trinajstić information content (AvgIpc) is 2.38. The summed E-state index contributed by atoms with van der Waals surface area (Å²) in [6.45, 7) is 12.6. The SMILES string of the molecule is CCC(CC)CN(CC)C(C)CC(C)(N)C(=O)OC. The van der Waals surface area contributed by atoms with E-state index in [4.69, 9.17) is 10.5 Å². The lowest BCUT2D eigenvalue weighted by atomic mass is 9.93. The van der Waals surface area contributed by atoms with Crippen LogP contribution in [0.2, 0.25) is 0 Å². The van der Waals surface area contributed by atoms with Crippen LogP contribution in [0.1, 0.15) is 53.9 Å². The molecule has 0 aliphatic carbocycles. The molecule has 0 bridgehead atoms. The first kappa shape index (κ1) is 18.4. The van der Waals surface area contributed by atoms with Gasteiger partial charge < -0.3 is 15.4 Å². The summed E-state index contributed by atoms with van der Waals surface area (Å²) >= 11 is 0. The standard InChI is InChI=1S/C15H32N2O2/c1-7-13(8-2)11-17(9-3)12(4)10-15(5,16)14(18)19-6/h12-13H,7-11,16H2,1-6H3. The average molecular weight is 272 g/mol. The highest BCUT2D eigenvalue weighted by Crippen LogP contribution is 2.18. The number of nitrogens with zero attached hydrogens (tertiary/aromatic N) is 1. The number of esters is 1. The highest BCUT2D eigenvalue weighted by atomic mass is 16.5. The Labute approximate surface area is 118 Å². The second kappa shape index (κ2) is 8.54. The minimum atomic E-state index is -0.907. The van der Waals surface area contributed by atoms with Gasteiger partial charge in [-0.25, -0.2) is 0 Å². The third kappa shape index (κ3) is 5.91. The van der Waals surface area contributed by atoms with Crippen molar-refractivity contribution in [3.05, 3.63) is 0 Å². The molecule has 2 unspecified atom stereocenters. The summed E-state index contributed by atoms with van der Waals surface area (Å²) < 4.78 is 4.77. The fraction of sp³-hybridized carbons (Fsp3) is 0.933. The second-order valence-electron chi connectivity index (χ2n) is 5.73. The Morgan fingerprint density at radius 1 is 1.32 bits per heavy atom. The van der Waals surface area contributed by atoms with Crippen LogP contribution in [0.15, 0.2) is 0 Å². The Morgan fingerprint density at radius 3 is 2.21 bits per heavy atom. The van der Waals surface area contributed by atoms with Crippen LogP contribution in [0.3, 0.4) is 0 Å². The lowest BCUT2D eigenvalue weighted by Gasteiger charge is -2.34. The first-order chi connectivity index (χ1) is 8.82. The molecule has 0 amide bonds. The largest absolute Gasteiger partial charge is 0.468 e. The molecule has 2 atom stereocenters. The molecular formula is C15H32N2O2. The van der Waals surface area contributed by atoms with Gasteiger partial charge in [0.25, 0.3) is 0 Å². The van der Waals surface area contributed by atoms with E-state index in [0.717, 1.165) is 13.1 Å². The van der Waals surface area contributed by atoms with Gasteiger partial charge in [0, 0.05) is 12.6 Å². The summed E-state index contributed by atoms with van der Waals surface area (Å²) in [5.41, 5.74) is 5.15. The molecule has 2 N–H and O–H groups in total. The Kier molecular flexibility index (Phi) is 8.26. The van der Waals surface area contributed by atoms with Crippen molar-refractivity contribution < 1.29 is 9.53 Å². The smallest absolute Gasteiger partial charge is 0.325 e. The zero-order valence-electron chi connectivity index (χ0n) is 13.5. The molecule has 19 heavy (non-hydrogen) atoms. The number of hydrogen-bond acceptors (Lipinski definition) is 4. The van der Waals surface area contributed by atoms with Crippen molar-refractivity contribution in [2.75, 3.05) is 20.2 Å². The predicted octanol–water partition coefficient (Wildman–Crippen LogP) is 2.41. The van der Waals surface area contributed by atoms with Gasteiger partial charge in [0.05, 0.1) is 7.11 Å². The van der Waals surface area contributed by atoms with Gasteiger partial charge in [0.1, 0.15) is 5.54 Å². The van der Waals surface area contributed by atoms with E-state index in [1.807, 2.05) is 0 Å². The number of rotatable bonds is 9. The van der Waals surface area contributed by atoms with Crippen LogP contribution in [0.25, 0.3) is 0 Å². The van der Waals surface area contributed by atoms with Gasteiger partial charge in [0.15, 0.2) is 0 Å². The third-order valence-electron chi connectivity index (χ3n) is 4.05. The van der Waals surface area contributed by atoms with Crippen molar-refractivity contribution in [2.45, 2.75) is 65.5 Å². The molecule has 0 heterocycles. The summed E-state index contributed by atoms with van der Waals surface area (Å²) in [5.74, 6) is 0.377. The van der Waals surface area contributed by atoms with E-state index in [2.05, 4.69) is 32.6 Å². The van der Waals surface area contributed by atoms with Crippen molar-refractivity contribution in [1.29, 1.82) is 0 Å². The zero-order chi connectivity index (χ0) is 15.1. The third-order valence-corrected chi connectivity index (χ3v) is 4.05. The van der Waals surface area contributed by atoms with E-state index in [0.29, 0.717) is 12.3 Å². The topological polar surface area (TPSA) is 55.6 Å². The molecule has 4 heteroatoms. The van der Waals surface area contributed by atoms with E-state index >= 15 is 0 Å². The summed E-state index contributed by atoms with van der Waals surface area (Å²) in [5, 5.41) is 0. The van der Waals surface area contributed by atoms with Crippen LogP contribution in [0, 0.1) is 5.92 Å². The van der Waals surface area contributed by atoms with E-state index < -0.39 is 5.54 Å². The highest BCUT2D eigenvalue weighted by molar-refractivity contribution is 5.79. The molecule has 0 aliphatic rings. The minimum absolute atomic E-state index is 0.277. The van der Waals surface area contributed by atoms with Crippen molar-refractivity contribution >= 4 is 5.97 Å². The first-order valence-electron chi connectivity index (χ1n) is 7.43. The summed E-state index contributed by atoms with van der Waals surface area (Å²) in [6.07, 6.45) is 3.00. The molecule has 0 fully saturated rings. The molecule has 114 valence electrons. The van der Waals surface area contributed by atoms with Gasteiger partial charge in [-0.2, -0.15) is 0 Å². The van der Waals surface area contributed by atoms with Crippen LogP contribution in [0.4, 0.5) is 0 Å². The van der Waals surface area contributed by atoms with Gasteiger partial charge in [-0.15, -0.1) is 0 Å². The Hall–Kier alpha value is -0.610. The van der Waals surface area contributed by atoms with Crippen LogP contribution in [0.5, 0.6) is 0 Å². The molecule has 0 aromatic rings. The van der Waals surface area contributed by atoms with E-state index in [1.165, 1.54) is 20.0 Å². The van der Waals surface area contributed by atoms with Gasteiger partial charge in [0.2, 0.25) is 0 Å². The molecule has 0 spiro atoms. The zero-order valence-corrected chi connectivity index (χ0v) is 13.5. The van der Waals surface area contributed by atoms with Gasteiger partial charge in [-0.3, -0.25) is 4.79 Å². The normalized spacial score (nSPS) is 16.5.